The highest BCUT2D eigenvalue weighted by molar-refractivity contribution is 5.96. The van der Waals surface area contributed by atoms with E-state index in [0.717, 1.165) is 11.1 Å². The lowest BCUT2D eigenvalue weighted by atomic mass is 10.0. The maximum Gasteiger partial charge on any atom is 0.246 e. The van der Waals surface area contributed by atoms with Crippen LogP contribution in [-0.2, 0) is 16.1 Å². The van der Waals surface area contributed by atoms with Gasteiger partial charge in [0.25, 0.3) is 0 Å². The van der Waals surface area contributed by atoms with E-state index in [1.54, 1.807) is 4.90 Å². The summed E-state index contributed by atoms with van der Waals surface area (Å²) < 4.78 is 0. The molecule has 0 bridgehead atoms. The van der Waals surface area contributed by atoms with Gasteiger partial charge in [-0.2, -0.15) is 0 Å². The molecule has 1 fully saturated rings. The Kier molecular flexibility index (Phi) is 4.42. The van der Waals surface area contributed by atoms with Crippen molar-refractivity contribution in [3.8, 4) is 0 Å². The zero-order valence-electron chi connectivity index (χ0n) is 12.3. The molecule has 108 valence electrons. The van der Waals surface area contributed by atoms with Crippen molar-refractivity contribution < 1.29 is 9.59 Å². The predicted molar refractivity (Wildman–Crippen MR) is 78.0 cm³/mol. The van der Waals surface area contributed by atoms with Crippen molar-refractivity contribution in [1.82, 2.24) is 10.2 Å². The van der Waals surface area contributed by atoms with E-state index in [2.05, 4.69) is 11.4 Å². The molecule has 0 aromatic heterocycles. The van der Waals surface area contributed by atoms with Crippen LogP contribution in [0, 0.1) is 6.92 Å². The molecule has 1 aromatic rings. The van der Waals surface area contributed by atoms with Gasteiger partial charge in [0, 0.05) is 6.54 Å². The summed E-state index contributed by atoms with van der Waals surface area (Å²) >= 11 is 0. The number of carbonyl (C=O) groups excluding carboxylic acids is 2. The standard InChI is InChI=1S/C16H22N2O2/c1-4-13-16(20)18(14(5-2)15(19)17-13)10-12-8-6-7-11(3)9-12/h6-9,13-14H,4-5,10H2,1-3H3,(H,17,19). The highest BCUT2D eigenvalue weighted by Crippen LogP contribution is 2.18. The Morgan fingerprint density at radius 3 is 2.55 bits per heavy atom. The topological polar surface area (TPSA) is 49.4 Å². The van der Waals surface area contributed by atoms with Crippen molar-refractivity contribution in [2.75, 3.05) is 0 Å². The summed E-state index contributed by atoms with van der Waals surface area (Å²) in [5, 5.41) is 2.81. The lowest BCUT2D eigenvalue weighted by Crippen LogP contribution is -2.62. The van der Waals surface area contributed by atoms with Gasteiger partial charge in [0.1, 0.15) is 12.1 Å². The Hall–Kier alpha value is -1.84. The molecule has 1 heterocycles. The van der Waals surface area contributed by atoms with Crippen LogP contribution in [0.3, 0.4) is 0 Å². The average molecular weight is 274 g/mol. The zero-order valence-corrected chi connectivity index (χ0v) is 12.3. The Labute approximate surface area is 120 Å². The number of benzene rings is 1. The van der Waals surface area contributed by atoms with Crippen molar-refractivity contribution in [3.63, 3.8) is 0 Å². The number of rotatable bonds is 4. The molecule has 2 atom stereocenters. The minimum atomic E-state index is -0.380. The molecule has 0 spiro atoms. The lowest BCUT2D eigenvalue weighted by molar-refractivity contribution is -0.150. The van der Waals surface area contributed by atoms with Crippen LogP contribution < -0.4 is 5.32 Å². The summed E-state index contributed by atoms with van der Waals surface area (Å²) in [6.07, 6.45) is 1.27. The fraction of sp³-hybridized carbons (Fsp3) is 0.500. The molecule has 2 unspecified atom stereocenters. The molecular formula is C16H22N2O2. The second kappa shape index (κ2) is 6.07. The molecule has 20 heavy (non-hydrogen) atoms. The molecule has 0 saturated carbocycles. The molecule has 1 N–H and O–H groups in total. The fourth-order valence-electron chi connectivity index (χ4n) is 2.70. The van der Waals surface area contributed by atoms with Gasteiger partial charge in [-0.25, -0.2) is 0 Å². The third kappa shape index (κ3) is 2.84. The molecule has 2 amide bonds. The first-order valence-corrected chi connectivity index (χ1v) is 7.23. The fourth-order valence-corrected chi connectivity index (χ4v) is 2.70. The average Bonchev–Trinajstić information content (AvgIpc) is 2.43. The molecule has 0 aliphatic carbocycles. The SMILES string of the molecule is CCC1NC(=O)C(CC)N(Cc2cccc(C)c2)C1=O. The number of nitrogens with one attached hydrogen (secondary N) is 1. The molecule has 0 radical (unpaired) electrons. The largest absolute Gasteiger partial charge is 0.343 e. The molecule has 2 rings (SSSR count). The Morgan fingerprint density at radius 1 is 1.20 bits per heavy atom. The van der Waals surface area contributed by atoms with E-state index in [4.69, 9.17) is 0 Å². The maximum atomic E-state index is 12.5. The maximum absolute atomic E-state index is 12.5. The van der Waals surface area contributed by atoms with Gasteiger partial charge in [-0.15, -0.1) is 0 Å². The van der Waals surface area contributed by atoms with Crippen molar-refractivity contribution in [2.45, 2.75) is 52.2 Å². The van der Waals surface area contributed by atoms with Gasteiger partial charge in [-0.1, -0.05) is 43.7 Å². The third-order valence-corrected chi connectivity index (χ3v) is 3.81. The van der Waals surface area contributed by atoms with E-state index < -0.39 is 0 Å². The summed E-state index contributed by atoms with van der Waals surface area (Å²) in [5.74, 6) is -0.00735. The monoisotopic (exact) mass is 274 g/mol. The molecule has 4 nitrogen and oxygen atoms in total. The van der Waals surface area contributed by atoms with Gasteiger partial charge < -0.3 is 10.2 Å². The predicted octanol–water partition coefficient (Wildman–Crippen LogP) is 2.01. The van der Waals surface area contributed by atoms with Crippen molar-refractivity contribution in [3.05, 3.63) is 35.4 Å². The van der Waals surface area contributed by atoms with Gasteiger partial charge in [0.15, 0.2) is 0 Å². The molecule has 1 aromatic carbocycles. The number of hydrogen-bond donors (Lipinski definition) is 1. The van der Waals surface area contributed by atoms with Gasteiger partial charge in [-0.3, -0.25) is 9.59 Å². The normalized spacial score (nSPS) is 22.9. The minimum absolute atomic E-state index is 0.0282. The van der Waals surface area contributed by atoms with Crippen LogP contribution >= 0.6 is 0 Å². The van der Waals surface area contributed by atoms with E-state index in [-0.39, 0.29) is 23.9 Å². The number of amides is 2. The van der Waals surface area contributed by atoms with Crippen molar-refractivity contribution in [1.29, 1.82) is 0 Å². The lowest BCUT2D eigenvalue weighted by Gasteiger charge is -2.38. The first-order valence-electron chi connectivity index (χ1n) is 7.23. The molecule has 4 heteroatoms. The first-order chi connectivity index (χ1) is 9.56. The van der Waals surface area contributed by atoms with Crippen LogP contribution in [0.15, 0.2) is 24.3 Å². The summed E-state index contributed by atoms with van der Waals surface area (Å²) in [7, 11) is 0. The second-order valence-corrected chi connectivity index (χ2v) is 5.35. The summed E-state index contributed by atoms with van der Waals surface area (Å²) in [6, 6.07) is 7.34. The quantitative estimate of drug-likeness (QED) is 0.913. The van der Waals surface area contributed by atoms with E-state index in [0.29, 0.717) is 19.4 Å². The summed E-state index contributed by atoms with van der Waals surface area (Å²) in [6.45, 7) is 6.39. The van der Waals surface area contributed by atoms with E-state index in [9.17, 15) is 9.59 Å². The highest BCUT2D eigenvalue weighted by atomic mass is 16.2. The number of piperazine rings is 1. The van der Waals surface area contributed by atoms with Gasteiger partial charge >= 0.3 is 0 Å². The molecule has 1 saturated heterocycles. The van der Waals surface area contributed by atoms with Gasteiger partial charge in [0.05, 0.1) is 0 Å². The van der Waals surface area contributed by atoms with E-state index in [1.165, 1.54) is 0 Å². The van der Waals surface area contributed by atoms with Gasteiger partial charge in [0.2, 0.25) is 11.8 Å². The van der Waals surface area contributed by atoms with Crippen molar-refractivity contribution >= 4 is 11.8 Å². The smallest absolute Gasteiger partial charge is 0.246 e. The Morgan fingerprint density at radius 2 is 1.95 bits per heavy atom. The first kappa shape index (κ1) is 14.6. The summed E-state index contributed by atoms with van der Waals surface area (Å²) in [5.41, 5.74) is 2.23. The van der Waals surface area contributed by atoms with Crippen LogP contribution in [0.1, 0.15) is 37.8 Å². The Balaban J connectivity index is 2.24. The third-order valence-electron chi connectivity index (χ3n) is 3.81. The van der Waals surface area contributed by atoms with E-state index >= 15 is 0 Å². The Bertz CT molecular complexity index is 513. The second-order valence-electron chi connectivity index (χ2n) is 5.35. The van der Waals surface area contributed by atoms with E-state index in [1.807, 2.05) is 39.0 Å². The number of nitrogens with zero attached hydrogens (tertiary/aromatic N) is 1. The van der Waals surface area contributed by atoms with Crippen LogP contribution in [0.5, 0.6) is 0 Å². The summed E-state index contributed by atoms with van der Waals surface area (Å²) in [4.78, 5) is 26.3. The molecule has 1 aliphatic heterocycles. The van der Waals surface area contributed by atoms with Crippen LogP contribution in [0.2, 0.25) is 0 Å². The van der Waals surface area contributed by atoms with Crippen LogP contribution in [0.4, 0.5) is 0 Å². The number of aryl methyl sites for hydroxylation is 1. The van der Waals surface area contributed by atoms with Crippen LogP contribution in [-0.4, -0.2) is 28.8 Å². The molecular weight excluding hydrogens is 252 g/mol. The number of carbonyl (C=O) groups is 2. The van der Waals surface area contributed by atoms with Crippen molar-refractivity contribution in [2.24, 2.45) is 0 Å². The zero-order chi connectivity index (χ0) is 14.7. The van der Waals surface area contributed by atoms with Gasteiger partial charge in [-0.05, 0) is 25.3 Å². The highest BCUT2D eigenvalue weighted by Gasteiger charge is 2.38. The minimum Gasteiger partial charge on any atom is -0.343 e. The molecule has 1 aliphatic rings. The number of hydrogen-bond acceptors (Lipinski definition) is 2. The van der Waals surface area contributed by atoms with Crippen LogP contribution in [0.25, 0.3) is 0 Å².